The molecular formula is C19H27N5OS. The van der Waals surface area contributed by atoms with Gasteiger partial charge in [0.25, 0.3) is 0 Å². The molecular weight excluding hydrogens is 346 g/mol. The maximum atomic E-state index is 12.2. The first-order valence-electron chi connectivity index (χ1n) is 8.81. The minimum Gasteiger partial charge on any atom is -0.357 e. The summed E-state index contributed by atoms with van der Waals surface area (Å²) in [6.45, 7) is 7.54. The SMILES string of the molecule is CCNC(=NCC(=O)Nc1cccc(CC)c1)N(C)Cc1csc(C)n1. The monoisotopic (exact) mass is 373 g/mol. The highest BCUT2D eigenvalue weighted by Gasteiger charge is 2.10. The highest BCUT2D eigenvalue weighted by atomic mass is 32.1. The summed E-state index contributed by atoms with van der Waals surface area (Å²) in [5, 5.41) is 9.21. The lowest BCUT2D eigenvalue weighted by atomic mass is 10.1. The van der Waals surface area contributed by atoms with Crippen LogP contribution < -0.4 is 10.6 Å². The number of aryl methyl sites for hydroxylation is 2. The molecule has 0 fully saturated rings. The molecule has 0 radical (unpaired) electrons. The number of nitrogens with one attached hydrogen (secondary N) is 2. The summed E-state index contributed by atoms with van der Waals surface area (Å²) in [5.41, 5.74) is 3.00. The van der Waals surface area contributed by atoms with E-state index in [2.05, 4.69) is 27.5 Å². The maximum Gasteiger partial charge on any atom is 0.246 e. The van der Waals surface area contributed by atoms with Gasteiger partial charge in [-0.25, -0.2) is 9.98 Å². The molecule has 140 valence electrons. The molecule has 0 unspecified atom stereocenters. The Kier molecular flexibility index (Phi) is 7.59. The number of guanidine groups is 1. The van der Waals surface area contributed by atoms with E-state index in [0.29, 0.717) is 12.5 Å². The van der Waals surface area contributed by atoms with Crippen molar-refractivity contribution in [2.45, 2.75) is 33.7 Å². The largest absolute Gasteiger partial charge is 0.357 e. The van der Waals surface area contributed by atoms with E-state index in [0.717, 1.165) is 29.4 Å². The van der Waals surface area contributed by atoms with Gasteiger partial charge >= 0.3 is 0 Å². The number of thiazole rings is 1. The molecule has 0 aliphatic heterocycles. The van der Waals surface area contributed by atoms with Gasteiger partial charge in [-0.15, -0.1) is 11.3 Å². The molecule has 1 aromatic heterocycles. The Morgan fingerprint density at radius 1 is 1.35 bits per heavy atom. The number of aromatic nitrogens is 1. The Balaban J connectivity index is 1.97. The van der Waals surface area contributed by atoms with E-state index >= 15 is 0 Å². The highest BCUT2D eigenvalue weighted by molar-refractivity contribution is 7.09. The molecule has 26 heavy (non-hydrogen) atoms. The zero-order valence-electron chi connectivity index (χ0n) is 15.9. The van der Waals surface area contributed by atoms with Gasteiger partial charge in [-0.1, -0.05) is 19.1 Å². The van der Waals surface area contributed by atoms with Crippen molar-refractivity contribution in [3.63, 3.8) is 0 Å². The standard InChI is InChI=1S/C19H27N5OS/c1-5-15-8-7-9-16(10-15)23-18(25)11-21-19(20-6-2)24(4)12-17-13-26-14(3)22-17/h7-10,13H,5-6,11-12H2,1-4H3,(H,20,21)(H,23,25). The van der Waals surface area contributed by atoms with Crippen molar-refractivity contribution in [1.82, 2.24) is 15.2 Å². The van der Waals surface area contributed by atoms with Gasteiger partial charge < -0.3 is 15.5 Å². The Bertz CT molecular complexity index is 756. The summed E-state index contributed by atoms with van der Waals surface area (Å²) in [5.74, 6) is 0.558. The Hall–Kier alpha value is -2.41. The summed E-state index contributed by atoms with van der Waals surface area (Å²) in [6, 6.07) is 7.88. The Morgan fingerprint density at radius 3 is 2.81 bits per heavy atom. The average molecular weight is 374 g/mol. The van der Waals surface area contributed by atoms with Crippen molar-refractivity contribution in [2.75, 3.05) is 25.5 Å². The molecule has 2 N–H and O–H groups in total. The normalized spacial score (nSPS) is 11.3. The van der Waals surface area contributed by atoms with Crippen LogP contribution in [0.4, 0.5) is 5.69 Å². The van der Waals surface area contributed by atoms with Gasteiger partial charge in [0.05, 0.1) is 17.2 Å². The average Bonchev–Trinajstić information content (AvgIpc) is 3.03. The second kappa shape index (κ2) is 9.91. The third-order valence-electron chi connectivity index (χ3n) is 3.75. The van der Waals surface area contributed by atoms with E-state index in [-0.39, 0.29) is 12.5 Å². The van der Waals surface area contributed by atoms with Crippen LogP contribution in [-0.4, -0.2) is 41.9 Å². The number of carbonyl (C=O) groups excluding carboxylic acids is 1. The summed E-state index contributed by atoms with van der Waals surface area (Å²) < 4.78 is 0. The zero-order valence-corrected chi connectivity index (χ0v) is 16.7. The first kappa shape index (κ1) is 19.9. The summed E-state index contributed by atoms with van der Waals surface area (Å²) in [4.78, 5) is 23.1. The van der Waals surface area contributed by atoms with E-state index < -0.39 is 0 Å². The molecule has 0 bridgehead atoms. The molecule has 0 saturated heterocycles. The van der Waals surface area contributed by atoms with Crippen LogP contribution in [-0.2, 0) is 17.8 Å². The molecule has 2 aromatic rings. The van der Waals surface area contributed by atoms with Crippen LogP contribution in [0.5, 0.6) is 0 Å². The van der Waals surface area contributed by atoms with Crippen LogP contribution in [0.15, 0.2) is 34.6 Å². The molecule has 0 aliphatic rings. The third-order valence-corrected chi connectivity index (χ3v) is 4.58. The van der Waals surface area contributed by atoms with Gasteiger partial charge in [0.2, 0.25) is 5.91 Å². The molecule has 6 nitrogen and oxygen atoms in total. The van der Waals surface area contributed by atoms with E-state index in [4.69, 9.17) is 0 Å². The smallest absolute Gasteiger partial charge is 0.246 e. The van der Waals surface area contributed by atoms with Crippen molar-refractivity contribution in [3.8, 4) is 0 Å². The molecule has 1 aromatic carbocycles. The number of hydrogen-bond acceptors (Lipinski definition) is 4. The van der Waals surface area contributed by atoms with Crippen molar-refractivity contribution in [3.05, 3.63) is 45.9 Å². The van der Waals surface area contributed by atoms with Gasteiger partial charge in [-0.2, -0.15) is 0 Å². The molecule has 0 aliphatic carbocycles. The third kappa shape index (κ3) is 6.15. The predicted octanol–water partition coefficient (Wildman–Crippen LogP) is 3.05. The maximum absolute atomic E-state index is 12.2. The molecule has 1 heterocycles. The van der Waals surface area contributed by atoms with Crippen LogP contribution in [0.3, 0.4) is 0 Å². The molecule has 0 saturated carbocycles. The number of benzene rings is 1. The van der Waals surface area contributed by atoms with Crippen LogP contribution in [0.25, 0.3) is 0 Å². The second-order valence-corrected chi connectivity index (χ2v) is 7.05. The number of anilines is 1. The van der Waals surface area contributed by atoms with Gasteiger partial charge in [-0.3, -0.25) is 4.79 Å². The predicted molar refractivity (Wildman–Crippen MR) is 109 cm³/mol. The van der Waals surface area contributed by atoms with Crippen molar-refractivity contribution in [1.29, 1.82) is 0 Å². The van der Waals surface area contributed by atoms with Gasteiger partial charge in [-0.05, 0) is 38.0 Å². The summed E-state index contributed by atoms with van der Waals surface area (Å²) >= 11 is 1.63. The number of nitrogens with zero attached hydrogens (tertiary/aromatic N) is 3. The van der Waals surface area contributed by atoms with Crippen molar-refractivity contribution >= 4 is 28.9 Å². The van der Waals surface area contributed by atoms with E-state index in [1.165, 1.54) is 5.56 Å². The zero-order chi connectivity index (χ0) is 18.9. The highest BCUT2D eigenvalue weighted by Crippen LogP contribution is 2.11. The first-order valence-corrected chi connectivity index (χ1v) is 9.69. The molecule has 7 heteroatoms. The topological polar surface area (TPSA) is 69.6 Å². The Labute approximate surface area is 159 Å². The van der Waals surface area contributed by atoms with Crippen LogP contribution >= 0.6 is 11.3 Å². The van der Waals surface area contributed by atoms with Crippen molar-refractivity contribution < 1.29 is 4.79 Å². The van der Waals surface area contributed by atoms with Crippen LogP contribution in [0, 0.1) is 6.92 Å². The molecule has 0 spiro atoms. The Morgan fingerprint density at radius 2 is 2.15 bits per heavy atom. The quantitative estimate of drug-likeness (QED) is 0.578. The van der Waals surface area contributed by atoms with Crippen LogP contribution in [0.2, 0.25) is 0 Å². The van der Waals surface area contributed by atoms with Crippen LogP contribution in [0.1, 0.15) is 30.1 Å². The van der Waals surface area contributed by atoms with E-state index in [9.17, 15) is 4.79 Å². The second-order valence-electron chi connectivity index (χ2n) is 5.99. The minimum absolute atomic E-state index is 0.0686. The van der Waals surface area contributed by atoms with E-state index in [1.54, 1.807) is 11.3 Å². The lowest BCUT2D eigenvalue weighted by molar-refractivity contribution is -0.114. The summed E-state index contributed by atoms with van der Waals surface area (Å²) in [7, 11) is 1.94. The van der Waals surface area contributed by atoms with Gasteiger partial charge in [0.1, 0.15) is 6.54 Å². The number of aliphatic imine (C=N–C) groups is 1. The fourth-order valence-electron chi connectivity index (χ4n) is 2.48. The number of hydrogen-bond donors (Lipinski definition) is 2. The summed E-state index contributed by atoms with van der Waals surface area (Å²) in [6.07, 6.45) is 0.938. The fraction of sp³-hybridized carbons (Fsp3) is 0.421. The number of carbonyl (C=O) groups is 1. The van der Waals surface area contributed by atoms with Gasteiger partial charge in [0, 0.05) is 24.7 Å². The number of amides is 1. The van der Waals surface area contributed by atoms with Gasteiger partial charge in [0.15, 0.2) is 5.96 Å². The molecule has 0 atom stereocenters. The lowest BCUT2D eigenvalue weighted by Crippen LogP contribution is -2.39. The number of rotatable bonds is 7. The van der Waals surface area contributed by atoms with Crippen molar-refractivity contribution in [2.24, 2.45) is 4.99 Å². The minimum atomic E-state index is -0.133. The molecule has 1 amide bonds. The fourth-order valence-corrected chi connectivity index (χ4v) is 3.09. The lowest BCUT2D eigenvalue weighted by Gasteiger charge is -2.21. The first-order chi connectivity index (χ1) is 12.5. The molecule has 2 rings (SSSR count). The van der Waals surface area contributed by atoms with E-state index in [1.807, 2.05) is 55.4 Å².